The fourth-order valence-corrected chi connectivity index (χ4v) is 6.79. The van der Waals surface area contributed by atoms with Gasteiger partial charge < -0.3 is 9.72 Å². The number of hydrogen-bond donors (Lipinski definition) is 1. The van der Waals surface area contributed by atoms with Gasteiger partial charge in [0.1, 0.15) is 17.3 Å². The van der Waals surface area contributed by atoms with Crippen molar-refractivity contribution in [2.45, 2.75) is 45.6 Å². The molecule has 3 heterocycles. The predicted octanol–water partition coefficient (Wildman–Crippen LogP) is 4.89. The minimum Gasteiger partial charge on any atom is -0.458 e. The lowest BCUT2D eigenvalue weighted by molar-refractivity contribution is -0.146. The summed E-state index contributed by atoms with van der Waals surface area (Å²) in [7, 11) is 0. The Morgan fingerprint density at radius 1 is 1.32 bits per heavy atom. The van der Waals surface area contributed by atoms with E-state index in [1.807, 2.05) is 18.4 Å². The molecule has 3 aromatic rings. The van der Waals surface area contributed by atoms with Gasteiger partial charge >= 0.3 is 5.97 Å². The summed E-state index contributed by atoms with van der Waals surface area (Å²) in [6.45, 7) is 2.07. The van der Waals surface area contributed by atoms with Gasteiger partial charge in [0.05, 0.1) is 5.39 Å². The minimum absolute atomic E-state index is 0.0240. The highest BCUT2D eigenvalue weighted by Crippen LogP contribution is 2.49. The molecule has 2 saturated carbocycles. The highest BCUT2D eigenvalue weighted by atomic mass is 32.1. The van der Waals surface area contributed by atoms with E-state index in [1.54, 1.807) is 11.3 Å². The average Bonchev–Trinajstić information content (AvgIpc) is 3.43. The monoisotopic (exact) mass is 414 g/mol. The Bertz CT molecular complexity index is 1100. The van der Waals surface area contributed by atoms with Crippen molar-refractivity contribution in [1.82, 2.24) is 9.97 Å². The van der Waals surface area contributed by atoms with Crippen LogP contribution in [-0.2, 0) is 16.1 Å². The molecular weight excluding hydrogens is 392 g/mol. The molecule has 2 fully saturated rings. The highest BCUT2D eigenvalue weighted by molar-refractivity contribution is 7.19. The van der Waals surface area contributed by atoms with Crippen molar-refractivity contribution in [2.24, 2.45) is 17.8 Å². The van der Waals surface area contributed by atoms with Crippen molar-refractivity contribution < 1.29 is 9.53 Å². The number of carbonyl (C=O) groups excluding carboxylic acids is 1. The van der Waals surface area contributed by atoms with E-state index in [0.717, 1.165) is 16.4 Å². The van der Waals surface area contributed by atoms with Crippen LogP contribution in [0.5, 0.6) is 0 Å². The number of hydrogen-bond acceptors (Lipinski definition) is 6. The Morgan fingerprint density at radius 3 is 2.93 bits per heavy atom. The Labute approximate surface area is 170 Å². The number of ether oxygens (including phenoxy) is 1. The molecule has 1 N–H and O–H groups in total. The van der Waals surface area contributed by atoms with Gasteiger partial charge in [0.2, 0.25) is 0 Å². The van der Waals surface area contributed by atoms with Crippen LogP contribution in [0.3, 0.4) is 0 Å². The van der Waals surface area contributed by atoms with Crippen LogP contribution in [-0.4, -0.2) is 15.9 Å². The Kier molecular flexibility index (Phi) is 4.59. The van der Waals surface area contributed by atoms with Gasteiger partial charge in [0.25, 0.3) is 5.56 Å². The first-order valence-corrected chi connectivity index (χ1v) is 11.5. The first kappa shape index (κ1) is 18.1. The topological polar surface area (TPSA) is 72.0 Å². The van der Waals surface area contributed by atoms with Crippen molar-refractivity contribution >= 4 is 38.9 Å². The number of aromatic nitrogens is 2. The summed E-state index contributed by atoms with van der Waals surface area (Å²) in [5, 5.41) is 2.59. The number of thiophene rings is 2. The maximum absolute atomic E-state index is 12.6. The number of aromatic amines is 1. The van der Waals surface area contributed by atoms with E-state index in [2.05, 4.69) is 16.0 Å². The van der Waals surface area contributed by atoms with Crippen LogP contribution in [0.2, 0.25) is 0 Å². The molecular formula is C21H22N2O3S2. The number of rotatable bonds is 5. The van der Waals surface area contributed by atoms with Gasteiger partial charge in [-0.15, -0.1) is 22.7 Å². The van der Waals surface area contributed by atoms with Gasteiger partial charge in [-0.25, -0.2) is 4.98 Å². The molecule has 28 heavy (non-hydrogen) atoms. The predicted molar refractivity (Wildman–Crippen MR) is 112 cm³/mol. The van der Waals surface area contributed by atoms with E-state index in [0.29, 0.717) is 34.3 Å². The number of carbonyl (C=O) groups is 1. The van der Waals surface area contributed by atoms with Crippen LogP contribution >= 0.6 is 22.7 Å². The van der Waals surface area contributed by atoms with Crippen molar-refractivity contribution in [3.05, 3.63) is 38.6 Å². The summed E-state index contributed by atoms with van der Waals surface area (Å²) in [5.41, 5.74) is 0.748. The van der Waals surface area contributed by atoms with Gasteiger partial charge in [-0.05, 0) is 56.1 Å². The van der Waals surface area contributed by atoms with Crippen molar-refractivity contribution in [2.75, 3.05) is 0 Å². The second kappa shape index (κ2) is 7.12. The number of esters is 1. The van der Waals surface area contributed by atoms with Gasteiger partial charge in [0.15, 0.2) is 0 Å². The van der Waals surface area contributed by atoms with Crippen LogP contribution in [0.15, 0.2) is 22.3 Å². The molecule has 0 unspecified atom stereocenters. The summed E-state index contributed by atoms with van der Waals surface area (Å²) < 4.78 is 5.43. The van der Waals surface area contributed by atoms with Crippen LogP contribution in [0, 0.1) is 24.7 Å². The zero-order valence-electron chi connectivity index (χ0n) is 15.7. The fourth-order valence-electron chi connectivity index (χ4n) is 4.87. The molecule has 0 aliphatic heterocycles. The van der Waals surface area contributed by atoms with Crippen LogP contribution < -0.4 is 5.56 Å². The SMILES string of the molecule is Cc1ccc(-c2csc3nc(COC(=O)C[C@H]4C[C@@H]5CC[C@@H]4C5)[nH]c(=O)c23)s1. The third-order valence-electron chi connectivity index (χ3n) is 6.18. The van der Waals surface area contributed by atoms with Crippen LogP contribution in [0.4, 0.5) is 0 Å². The maximum Gasteiger partial charge on any atom is 0.306 e. The summed E-state index contributed by atoms with van der Waals surface area (Å²) in [6.07, 6.45) is 5.54. The fraction of sp³-hybridized carbons (Fsp3) is 0.476. The summed E-state index contributed by atoms with van der Waals surface area (Å²) in [4.78, 5) is 35.2. The molecule has 0 aromatic carbocycles. The quantitative estimate of drug-likeness (QED) is 0.603. The summed E-state index contributed by atoms with van der Waals surface area (Å²) in [5.74, 6) is 2.24. The second-order valence-corrected chi connectivity index (χ2v) is 10.2. The lowest BCUT2D eigenvalue weighted by Crippen LogP contribution is -2.18. The third-order valence-corrected chi connectivity index (χ3v) is 8.09. The third kappa shape index (κ3) is 3.31. The summed E-state index contributed by atoms with van der Waals surface area (Å²) >= 11 is 3.11. The molecule has 146 valence electrons. The standard InChI is InChI=1S/C21H22N2O3S2/c1-11-2-5-16(28-11)15-10-27-21-19(15)20(25)22-17(23-21)9-26-18(24)8-14-7-12-3-4-13(14)6-12/h2,5,10,12-14H,3-4,6-9H2,1H3,(H,22,23,25)/t12-,13-,14-/m1/s1. The second-order valence-electron chi connectivity index (χ2n) is 8.05. The first-order valence-electron chi connectivity index (χ1n) is 9.79. The lowest BCUT2D eigenvalue weighted by atomic mass is 9.86. The molecule has 0 spiro atoms. The van der Waals surface area contributed by atoms with E-state index in [1.165, 1.54) is 41.9 Å². The smallest absolute Gasteiger partial charge is 0.306 e. The van der Waals surface area contributed by atoms with Crippen molar-refractivity contribution in [3.8, 4) is 10.4 Å². The minimum atomic E-state index is -0.179. The molecule has 2 aliphatic rings. The highest BCUT2D eigenvalue weighted by Gasteiger charge is 2.40. The number of fused-ring (bicyclic) bond motifs is 3. The first-order chi connectivity index (χ1) is 13.6. The van der Waals surface area contributed by atoms with Crippen LogP contribution in [0.25, 0.3) is 20.7 Å². The molecule has 5 rings (SSSR count). The van der Waals surface area contributed by atoms with Gasteiger partial charge in [0, 0.05) is 27.1 Å². The van der Waals surface area contributed by atoms with Gasteiger partial charge in [-0.2, -0.15) is 0 Å². The lowest BCUT2D eigenvalue weighted by Gasteiger charge is -2.20. The Hall–Kier alpha value is -1.99. The van der Waals surface area contributed by atoms with Gasteiger partial charge in [-0.3, -0.25) is 9.59 Å². The number of aryl methyl sites for hydroxylation is 1. The molecule has 2 aliphatic carbocycles. The average molecular weight is 415 g/mol. The number of nitrogens with zero attached hydrogens (tertiary/aromatic N) is 1. The van der Waals surface area contributed by atoms with E-state index in [-0.39, 0.29) is 18.1 Å². The Morgan fingerprint density at radius 2 is 2.21 bits per heavy atom. The molecule has 0 radical (unpaired) electrons. The molecule has 7 heteroatoms. The Balaban J connectivity index is 1.29. The van der Waals surface area contributed by atoms with E-state index < -0.39 is 0 Å². The number of nitrogens with one attached hydrogen (secondary N) is 1. The maximum atomic E-state index is 12.6. The largest absolute Gasteiger partial charge is 0.458 e. The van der Waals surface area contributed by atoms with Crippen molar-refractivity contribution in [3.63, 3.8) is 0 Å². The molecule has 5 nitrogen and oxygen atoms in total. The number of H-pyrrole nitrogens is 1. The molecule has 2 bridgehead atoms. The normalized spacial score (nSPS) is 23.5. The van der Waals surface area contributed by atoms with E-state index in [4.69, 9.17) is 4.74 Å². The van der Waals surface area contributed by atoms with E-state index in [9.17, 15) is 9.59 Å². The molecule has 3 aromatic heterocycles. The molecule has 3 atom stereocenters. The van der Waals surface area contributed by atoms with E-state index >= 15 is 0 Å². The summed E-state index contributed by atoms with van der Waals surface area (Å²) in [6, 6.07) is 4.08. The van der Waals surface area contributed by atoms with Crippen molar-refractivity contribution in [1.29, 1.82) is 0 Å². The zero-order chi connectivity index (χ0) is 19.3. The zero-order valence-corrected chi connectivity index (χ0v) is 17.3. The van der Waals surface area contributed by atoms with Gasteiger partial charge in [-0.1, -0.05) is 6.42 Å². The molecule has 0 amide bonds. The van der Waals surface area contributed by atoms with Crippen LogP contribution in [0.1, 0.15) is 42.8 Å². The molecule has 0 saturated heterocycles.